The molecular formula is C25H43NO3Si. The molecule has 4 nitrogen and oxygen atoms in total. The Morgan fingerprint density at radius 2 is 1.80 bits per heavy atom. The van der Waals surface area contributed by atoms with Crippen LogP contribution in [0.15, 0.2) is 30.3 Å². The van der Waals surface area contributed by atoms with Crippen molar-refractivity contribution in [1.29, 1.82) is 0 Å². The van der Waals surface area contributed by atoms with Crippen molar-refractivity contribution in [3.05, 3.63) is 35.9 Å². The topological polar surface area (TPSA) is 38.8 Å². The first-order chi connectivity index (χ1) is 14.0. The fraction of sp³-hybridized carbons (Fsp3) is 0.720. The third-order valence-corrected chi connectivity index (χ3v) is 11.5. The van der Waals surface area contributed by atoms with Crippen LogP contribution in [0.3, 0.4) is 0 Å². The minimum atomic E-state index is -1.92. The fourth-order valence-electron chi connectivity index (χ4n) is 4.19. The summed E-state index contributed by atoms with van der Waals surface area (Å²) in [5.41, 5.74) is 1.22. The van der Waals surface area contributed by atoms with E-state index in [4.69, 9.17) is 9.16 Å². The van der Waals surface area contributed by atoms with E-state index in [1.54, 1.807) is 0 Å². The lowest BCUT2D eigenvalue weighted by Gasteiger charge is -2.48. The predicted octanol–water partition coefficient (Wildman–Crippen LogP) is 6.19. The predicted molar refractivity (Wildman–Crippen MR) is 127 cm³/mol. The number of esters is 1. The highest BCUT2D eigenvalue weighted by molar-refractivity contribution is 6.74. The van der Waals surface area contributed by atoms with Crippen LogP contribution < -0.4 is 0 Å². The number of hydrogen-bond donors (Lipinski definition) is 0. The zero-order chi connectivity index (χ0) is 22.5. The Hall–Kier alpha value is -1.17. The molecule has 0 unspecified atom stereocenters. The minimum Gasteiger partial charge on any atom is -0.465 e. The lowest BCUT2D eigenvalue weighted by molar-refractivity contribution is -0.155. The molecule has 30 heavy (non-hydrogen) atoms. The van der Waals surface area contributed by atoms with E-state index in [1.807, 2.05) is 13.0 Å². The molecular weight excluding hydrogens is 390 g/mol. The van der Waals surface area contributed by atoms with Crippen molar-refractivity contribution in [3.63, 3.8) is 0 Å². The summed E-state index contributed by atoms with van der Waals surface area (Å²) in [5, 5.41) is 0.147. The van der Waals surface area contributed by atoms with Gasteiger partial charge in [0.2, 0.25) is 0 Å². The lowest BCUT2D eigenvalue weighted by atomic mass is 9.86. The highest BCUT2D eigenvalue weighted by Crippen LogP contribution is 2.40. The van der Waals surface area contributed by atoms with Gasteiger partial charge in [-0.2, -0.15) is 0 Å². The third-order valence-electron chi connectivity index (χ3n) is 7.00. The molecule has 0 aromatic heterocycles. The normalized spacial score (nSPS) is 22.2. The van der Waals surface area contributed by atoms with E-state index >= 15 is 0 Å². The SMILES string of the molecule is CCOC(=O)[C@@H]1CCC[C@H](C(C)C)N1[C@@H](CO[Si](C)(C)C(C)(C)C)c1ccccc1. The molecule has 0 bridgehead atoms. The molecule has 3 atom stereocenters. The molecule has 1 aromatic rings. The summed E-state index contributed by atoms with van der Waals surface area (Å²) in [5.74, 6) is 0.373. The molecule has 0 radical (unpaired) electrons. The monoisotopic (exact) mass is 433 g/mol. The van der Waals surface area contributed by atoms with Gasteiger partial charge in [-0.05, 0) is 55.8 Å². The molecule has 5 heteroatoms. The van der Waals surface area contributed by atoms with Crippen LogP contribution in [0, 0.1) is 5.92 Å². The van der Waals surface area contributed by atoms with Gasteiger partial charge in [0.1, 0.15) is 6.04 Å². The van der Waals surface area contributed by atoms with Gasteiger partial charge in [0.15, 0.2) is 8.32 Å². The first kappa shape index (κ1) is 25.1. The van der Waals surface area contributed by atoms with Crippen molar-refractivity contribution < 1.29 is 14.0 Å². The Morgan fingerprint density at radius 1 is 1.17 bits per heavy atom. The highest BCUT2D eigenvalue weighted by Gasteiger charge is 2.43. The molecule has 0 spiro atoms. The van der Waals surface area contributed by atoms with Gasteiger partial charge in [-0.3, -0.25) is 9.69 Å². The second kappa shape index (κ2) is 10.4. The molecule has 1 heterocycles. The smallest absolute Gasteiger partial charge is 0.323 e. The van der Waals surface area contributed by atoms with Crippen LogP contribution in [0.1, 0.15) is 72.4 Å². The highest BCUT2D eigenvalue weighted by atomic mass is 28.4. The van der Waals surface area contributed by atoms with Crippen LogP contribution in [0.2, 0.25) is 18.1 Å². The maximum Gasteiger partial charge on any atom is 0.323 e. The second-order valence-electron chi connectivity index (χ2n) is 10.5. The fourth-order valence-corrected chi connectivity index (χ4v) is 5.19. The van der Waals surface area contributed by atoms with Crippen LogP contribution in [-0.2, 0) is 14.0 Å². The largest absolute Gasteiger partial charge is 0.465 e. The zero-order valence-electron chi connectivity index (χ0n) is 20.4. The van der Waals surface area contributed by atoms with E-state index in [-0.39, 0.29) is 23.1 Å². The van der Waals surface area contributed by atoms with Crippen molar-refractivity contribution in [3.8, 4) is 0 Å². The van der Waals surface area contributed by atoms with Crippen LogP contribution in [-0.4, -0.2) is 44.5 Å². The van der Waals surface area contributed by atoms with E-state index in [2.05, 4.69) is 76.9 Å². The van der Waals surface area contributed by atoms with Crippen molar-refractivity contribution >= 4 is 14.3 Å². The van der Waals surface area contributed by atoms with E-state index in [9.17, 15) is 4.79 Å². The van der Waals surface area contributed by atoms with E-state index in [1.165, 1.54) is 5.56 Å². The van der Waals surface area contributed by atoms with Crippen LogP contribution >= 0.6 is 0 Å². The van der Waals surface area contributed by atoms with Crippen LogP contribution in [0.5, 0.6) is 0 Å². The Balaban J connectivity index is 2.44. The number of carbonyl (C=O) groups is 1. The Kier molecular flexibility index (Phi) is 8.72. The number of hydrogen-bond acceptors (Lipinski definition) is 4. The van der Waals surface area contributed by atoms with Gasteiger partial charge in [0, 0.05) is 6.04 Å². The van der Waals surface area contributed by atoms with Gasteiger partial charge in [-0.1, -0.05) is 65.0 Å². The van der Waals surface area contributed by atoms with Crippen molar-refractivity contribution in [1.82, 2.24) is 4.90 Å². The Morgan fingerprint density at radius 3 is 2.33 bits per heavy atom. The van der Waals surface area contributed by atoms with E-state index < -0.39 is 8.32 Å². The van der Waals surface area contributed by atoms with Gasteiger partial charge < -0.3 is 9.16 Å². The van der Waals surface area contributed by atoms with Gasteiger partial charge in [-0.25, -0.2) is 0 Å². The summed E-state index contributed by atoms with van der Waals surface area (Å²) < 4.78 is 12.2. The summed E-state index contributed by atoms with van der Waals surface area (Å²) in [6.07, 6.45) is 3.02. The maximum atomic E-state index is 13.0. The molecule has 0 saturated carbocycles. The minimum absolute atomic E-state index is 0.0439. The number of likely N-dealkylation sites (tertiary alicyclic amines) is 1. The number of piperidine rings is 1. The number of carbonyl (C=O) groups excluding carboxylic acids is 1. The Bertz CT molecular complexity index is 669. The third kappa shape index (κ3) is 5.95. The second-order valence-corrected chi connectivity index (χ2v) is 15.3. The summed E-state index contributed by atoms with van der Waals surface area (Å²) >= 11 is 0. The molecule has 1 aliphatic heterocycles. The molecule has 1 saturated heterocycles. The zero-order valence-corrected chi connectivity index (χ0v) is 21.4. The summed E-state index contributed by atoms with van der Waals surface area (Å²) in [7, 11) is -1.92. The van der Waals surface area contributed by atoms with Crippen molar-refractivity contribution in [2.75, 3.05) is 13.2 Å². The molecule has 2 rings (SSSR count). The number of nitrogens with zero attached hydrogens (tertiary/aromatic N) is 1. The number of ether oxygens (including phenoxy) is 1. The van der Waals surface area contributed by atoms with Gasteiger partial charge >= 0.3 is 5.97 Å². The van der Waals surface area contributed by atoms with Gasteiger partial charge in [0.05, 0.1) is 19.3 Å². The maximum absolute atomic E-state index is 13.0. The van der Waals surface area contributed by atoms with Crippen LogP contribution in [0.25, 0.3) is 0 Å². The standard InChI is InChI=1S/C25H43NO3Si/c1-9-28-24(27)22-17-13-16-21(19(2)3)26(22)23(20-14-11-10-12-15-20)18-29-30(7,8)25(4,5)6/h10-12,14-15,19,21-23H,9,13,16-18H2,1-8H3/t21-,22+,23+/m1/s1. The average molecular weight is 434 g/mol. The quantitative estimate of drug-likeness (QED) is 0.362. The number of rotatable bonds is 8. The van der Waals surface area contributed by atoms with E-state index in [0.29, 0.717) is 25.2 Å². The molecule has 1 aromatic carbocycles. The summed E-state index contributed by atoms with van der Waals surface area (Å²) in [6, 6.07) is 10.7. The first-order valence-corrected chi connectivity index (χ1v) is 14.5. The Labute approximate surface area is 185 Å². The molecule has 170 valence electrons. The molecule has 0 amide bonds. The van der Waals surface area contributed by atoms with Crippen LogP contribution in [0.4, 0.5) is 0 Å². The van der Waals surface area contributed by atoms with Gasteiger partial charge in [-0.15, -0.1) is 0 Å². The van der Waals surface area contributed by atoms with Gasteiger partial charge in [0.25, 0.3) is 0 Å². The van der Waals surface area contributed by atoms with E-state index in [0.717, 1.165) is 19.3 Å². The lowest BCUT2D eigenvalue weighted by Crippen LogP contribution is -2.56. The number of benzene rings is 1. The van der Waals surface area contributed by atoms with Crippen molar-refractivity contribution in [2.24, 2.45) is 5.92 Å². The van der Waals surface area contributed by atoms with Crippen molar-refractivity contribution in [2.45, 2.75) is 97.1 Å². The summed E-state index contributed by atoms with van der Waals surface area (Å²) in [4.78, 5) is 15.4. The summed E-state index contributed by atoms with van der Waals surface area (Å²) in [6.45, 7) is 18.9. The first-order valence-electron chi connectivity index (χ1n) is 11.6. The molecule has 1 aliphatic rings. The average Bonchev–Trinajstić information content (AvgIpc) is 2.68. The molecule has 1 fully saturated rings. The molecule has 0 aliphatic carbocycles. The molecule has 0 N–H and O–H groups in total.